The van der Waals surface area contributed by atoms with Gasteiger partial charge in [-0.3, -0.25) is 4.79 Å². The van der Waals surface area contributed by atoms with E-state index in [0.717, 1.165) is 5.56 Å². The molecule has 0 fully saturated rings. The molecule has 3 nitrogen and oxygen atoms in total. The minimum atomic E-state index is 0.247. The van der Waals surface area contributed by atoms with Crippen molar-refractivity contribution in [2.24, 2.45) is 0 Å². The summed E-state index contributed by atoms with van der Waals surface area (Å²) in [5.74, 6) is 0. The summed E-state index contributed by atoms with van der Waals surface area (Å²) in [5.41, 5.74) is 2.35. The number of aldehydes is 1. The van der Waals surface area contributed by atoms with E-state index < -0.39 is 0 Å². The first kappa shape index (κ1) is 13.9. The highest BCUT2D eigenvalue weighted by atomic mass is 35.5. The molecule has 3 aromatic rings. The standard InChI is InChI=1S/C16H10Cl2N2O/c17-13-8-4-5-9-14(13)20-16(18)12(10-21)15(19-20)11-6-2-1-3-7-11/h1-10H. The van der Waals surface area contributed by atoms with Gasteiger partial charge in [0.1, 0.15) is 10.8 Å². The van der Waals surface area contributed by atoms with Gasteiger partial charge in [0.2, 0.25) is 0 Å². The second-order valence-electron chi connectivity index (χ2n) is 4.40. The molecule has 0 bridgehead atoms. The van der Waals surface area contributed by atoms with Crippen molar-refractivity contribution in [1.29, 1.82) is 0 Å². The number of aromatic nitrogens is 2. The van der Waals surface area contributed by atoms with E-state index >= 15 is 0 Å². The van der Waals surface area contributed by atoms with Crippen LogP contribution in [0, 0.1) is 0 Å². The van der Waals surface area contributed by atoms with E-state index in [1.807, 2.05) is 42.5 Å². The number of nitrogens with zero attached hydrogens (tertiary/aromatic N) is 2. The molecule has 2 aromatic carbocycles. The highest BCUT2D eigenvalue weighted by molar-refractivity contribution is 6.34. The van der Waals surface area contributed by atoms with Gasteiger partial charge in [-0.2, -0.15) is 5.10 Å². The van der Waals surface area contributed by atoms with E-state index in [0.29, 0.717) is 28.3 Å². The van der Waals surface area contributed by atoms with Gasteiger partial charge in [-0.1, -0.05) is 65.7 Å². The summed E-state index contributed by atoms with van der Waals surface area (Å²) in [6.07, 6.45) is 0.713. The number of hydrogen-bond donors (Lipinski definition) is 0. The highest BCUT2D eigenvalue weighted by Crippen LogP contribution is 2.31. The zero-order chi connectivity index (χ0) is 14.8. The fourth-order valence-corrected chi connectivity index (χ4v) is 2.59. The summed E-state index contributed by atoms with van der Waals surface area (Å²) >= 11 is 12.5. The Bertz CT molecular complexity index is 797. The van der Waals surface area contributed by atoms with Gasteiger partial charge < -0.3 is 0 Å². The molecule has 0 radical (unpaired) electrons. The number of halogens is 2. The van der Waals surface area contributed by atoms with Gasteiger partial charge >= 0.3 is 0 Å². The lowest BCUT2D eigenvalue weighted by Gasteiger charge is -2.04. The monoisotopic (exact) mass is 316 g/mol. The number of rotatable bonds is 3. The summed E-state index contributed by atoms with van der Waals surface area (Å²) in [4.78, 5) is 11.4. The van der Waals surface area contributed by atoms with Crippen LogP contribution in [0.1, 0.15) is 10.4 Å². The van der Waals surface area contributed by atoms with Crippen molar-refractivity contribution in [2.45, 2.75) is 0 Å². The maximum Gasteiger partial charge on any atom is 0.155 e. The lowest BCUT2D eigenvalue weighted by molar-refractivity contribution is 0.112. The van der Waals surface area contributed by atoms with Crippen LogP contribution in [0.2, 0.25) is 10.2 Å². The molecule has 0 saturated carbocycles. The summed E-state index contributed by atoms with van der Waals surface area (Å²) in [6, 6.07) is 16.6. The Balaban J connectivity index is 2.24. The van der Waals surface area contributed by atoms with Gasteiger partial charge in [-0.15, -0.1) is 0 Å². The van der Waals surface area contributed by atoms with E-state index in [2.05, 4.69) is 5.10 Å². The SMILES string of the molecule is O=Cc1c(-c2ccccc2)nn(-c2ccccc2Cl)c1Cl. The van der Waals surface area contributed by atoms with Crippen LogP contribution in [-0.4, -0.2) is 16.1 Å². The summed E-state index contributed by atoms with van der Waals surface area (Å²) < 4.78 is 1.48. The van der Waals surface area contributed by atoms with Crippen LogP contribution < -0.4 is 0 Å². The van der Waals surface area contributed by atoms with Crippen LogP contribution >= 0.6 is 23.2 Å². The molecule has 0 spiro atoms. The average molecular weight is 317 g/mol. The Morgan fingerprint density at radius 3 is 2.29 bits per heavy atom. The number of benzene rings is 2. The molecule has 0 aliphatic rings. The Labute approximate surface area is 131 Å². The van der Waals surface area contributed by atoms with Crippen molar-refractivity contribution in [3.63, 3.8) is 0 Å². The average Bonchev–Trinajstić information content (AvgIpc) is 2.85. The Morgan fingerprint density at radius 2 is 1.62 bits per heavy atom. The second-order valence-corrected chi connectivity index (χ2v) is 5.17. The molecule has 0 N–H and O–H groups in total. The van der Waals surface area contributed by atoms with Crippen molar-refractivity contribution in [3.8, 4) is 16.9 Å². The van der Waals surface area contributed by atoms with Gasteiger partial charge in [-0.25, -0.2) is 4.68 Å². The van der Waals surface area contributed by atoms with Crippen molar-refractivity contribution in [1.82, 2.24) is 9.78 Å². The number of carbonyl (C=O) groups is 1. The topological polar surface area (TPSA) is 34.9 Å². The van der Waals surface area contributed by atoms with Gasteiger partial charge in [0, 0.05) is 5.56 Å². The van der Waals surface area contributed by atoms with Gasteiger partial charge in [0.25, 0.3) is 0 Å². The molecule has 0 atom stereocenters. The van der Waals surface area contributed by atoms with E-state index in [9.17, 15) is 4.79 Å². The molecule has 1 aromatic heterocycles. The van der Waals surface area contributed by atoms with Crippen LogP contribution in [-0.2, 0) is 0 Å². The van der Waals surface area contributed by atoms with Crippen LogP contribution in [0.15, 0.2) is 54.6 Å². The molecule has 0 aliphatic carbocycles. The molecular formula is C16H10Cl2N2O. The molecule has 104 valence electrons. The maximum atomic E-state index is 11.4. The molecule has 0 amide bonds. The molecule has 21 heavy (non-hydrogen) atoms. The minimum absolute atomic E-state index is 0.247. The van der Waals surface area contributed by atoms with Crippen LogP contribution in [0.3, 0.4) is 0 Å². The lowest BCUT2D eigenvalue weighted by atomic mass is 10.1. The van der Waals surface area contributed by atoms with Crippen LogP contribution in [0.25, 0.3) is 16.9 Å². The van der Waals surface area contributed by atoms with E-state index in [1.54, 1.807) is 12.1 Å². The first-order valence-corrected chi connectivity index (χ1v) is 7.02. The summed E-state index contributed by atoms with van der Waals surface area (Å²) in [5, 5.41) is 5.21. The van der Waals surface area contributed by atoms with E-state index in [1.165, 1.54) is 4.68 Å². The van der Waals surface area contributed by atoms with Crippen LogP contribution in [0.5, 0.6) is 0 Å². The second kappa shape index (κ2) is 5.72. The molecule has 5 heteroatoms. The third-order valence-electron chi connectivity index (χ3n) is 3.11. The molecule has 3 rings (SSSR count). The number of hydrogen-bond acceptors (Lipinski definition) is 2. The Morgan fingerprint density at radius 1 is 0.952 bits per heavy atom. The first-order valence-electron chi connectivity index (χ1n) is 6.26. The van der Waals surface area contributed by atoms with Crippen molar-refractivity contribution in [2.75, 3.05) is 0 Å². The fraction of sp³-hybridized carbons (Fsp3) is 0. The number of para-hydroxylation sites is 1. The third kappa shape index (κ3) is 2.46. The zero-order valence-electron chi connectivity index (χ0n) is 10.8. The molecule has 0 saturated heterocycles. The van der Waals surface area contributed by atoms with Gasteiger partial charge in [-0.05, 0) is 12.1 Å². The Hall–Kier alpha value is -2.10. The van der Waals surface area contributed by atoms with Crippen LogP contribution in [0.4, 0.5) is 0 Å². The largest absolute Gasteiger partial charge is 0.298 e. The predicted molar refractivity (Wildman–Crippen MR) is 84.4 cm³/mol. The minimum Gasteiger partial charge on any atom is -0.298 e. The summed E-state index contributed by atoms with van der Waals surface area (Å²) in [6.45, 7) is 0. The van der Waals surface area contributed by atoms with E-state index in [4.69, 9.17) is 23.2 Å². The normalized spacial score (nSPS) is 10.6. The predicted octanol–water partition coefficient (Wildman–Crippen LogP) is 4.66. The molecular weight excluding hydrogens is 307 g/mol. The molecule has 1 heterocycles. The lowest BCUT2D eigenvalue weighted by Crippen LogP contribution is -1.97. The Kier molecular flexibility index (Phi) is 3.78. The highest BCUT2D eigenvalue weighted by Gasteiger charge is 2.19. The van der Waals surface area contributed by atoms with E-state index in [-0.39, 0.29) is 5.15 Å². The number of carbonyl (C=O) groups excluding carboxylic acids is 1. The quantitative estimate of drug-likeness (QED) is 0.659. The fourth-order valence-electron chi connectivity index (χ4n) is 2.11. The van der Waals surface area contributed by atoms with Crippen molar-refractivity contribution >= 4 is 29.5 Å². The summed E-state index contributed by atoms with van der Waals surface area (Å²) in [7, 11) is 0. The molecule has 0 unspecified atom stereocenters. The first-order chi connectivity index (χ1) is 10.2. The third-order valence-corrected chi connectivity index (χ3v) is 3.79. The maximum absolute atomic E-state index is 11.4. The van der Waals surface area contributed by atoms with Crippen molar-refractivity contribution in [3.05, 3.63) is 70.3 Å². The smallest absolute Gasteiger partial charge is 0.155 e. The van der Waals surface area contributed by atoms with Gasteiger partial charge in [0.05, 0.1) is 16.3 Å². The zero-order valence-corrected chi connectivity index (χ0v) is 12.3. The molecule has 0 aliphatic heterocycles. The van der Waals surface area contributed by atoms with Crippen molar-refractivity contribution < 1.29 is 4.79 Å². The van der Waals surface area contributed by atoms with Gasteiger partial charge in [0.15, 0.2) is 6.29 Å².